The molecule has 2 N–H and O–H groups in total. The number of amides is 1. The topological polar surface area (TPSA) is 94.9 Å². The molecule has 1 aliphatic rings. The maximum absolute atomic E-state index is 12.0. The Morgan fingerprint density at radius 3 is 1.89 bits per heavy atom. The fourth-order valence-electron chi connectivity index (χ4n) is 3.19. The van der Waals surface area contributed by atoms with Crippen molar-refractivity contribution >= 4 is 17.8 Å². The lowest BCUT2D eigenvalue weighted by atomic mass is 9.66. The van der Waals surface area contributed by atoms with Crippen molar-refractivity contribution in [1.29, 1.82) is 0 Å². The molecule has 6 nitrogen and oxygen atoms in total. The van der Waals surface area contributed by atoms with Crippen molar-refractivity contribution in [2.45, 2.75) is 45.6 Å². The number of aliphatic carboxylic acids is 2. The highest BCUT2D eigenvalue weighted by atomic mass is 16.4. The highest BCUT2D eigenvalue weighted by Crippen LogP contribution is 2.51. The number of rotatable bonds is 5. The molecule has 0 atom stereocenters. The van der Waals surface area contributed by atoms with Crippen molar-refractivity contribution in [2.75, 3.05) is 6.54 Å². The molecule has 6 heteroatoms. The summed E-state index contributed by atoms with van der Waals surface area (Å²) < 4.78 is 0. The van der Waals surface area contributed by atoms with E-state index in [9.17, 15) is 24.6 Å². The van der Waals surface area contributed by atoms with Crippen molar-refractivity contribution < 1.29 is 24.6 Å². The Morgan fingerprint density at radius 2 is 1.61 bits per heavy atom. The van der Waals surface area contributed by atoms with E-state index in [1.165, 1.54) is 0 Å². The summed E-state index contributed by atoms with van der Waals surface area (Å²) in [6, 6.07) is 0. The number of likely N-dealkylation sites (tertiary alicyclic amines) is 1. The number of hydrogen-bond donors (Lipinski definition) is 2. The largest absolute Gasteiger partial charge is 0.479 e. The number of hydrogen-bond acceptors (Lipinski definition) is 3. The summed E-state index contributed by atoms with van der Waals surface area (Å²) in [6.07, 6.45) is 0.654. The first-order chi connectivity index (χ1) is 8.33. The van der Waals surface area contributed by atoms with Gasteiger partial charge >= 0.3 is 11.9 Å². The summed E-state index contributed by atoms with van der Waals surface area (Å²) in [4.78, 5) is 36.2. The van der Waals surface area contributed by atoms with Gasteiger partial charge in [0.25, 0.3) is 0 Å². The third kappa shape index (κ3) is 1.44. The molecule has 0 aromatic rings. The van der Waals surface area contributed by atoms with Gasteiger partial charge in [-0.3, -0.25) is 4.79 Å². The monoisotopic (exact) mass is 257 g/mol. The summed E-state index contributed by atoms with van der Waals surface area (Å²) in [6.45, 7) is 5.15. The molecule has 1 rings (SSSR count). The van der Waals surface area contributed by atoms with E-state index in [1.807, 2.05) is 0 Å². The van der Waals surface area contributed by atoms with Gasteiger partial charge < -0.3 is 15.1 Å². The van der Waals surface area contributed by atoms with Gasteiger partial charge in [0.2, 0.25) is 11.4 Å². The van der Waals surface area contributed by atoms with Crippen LogP contribution in [0.3, 0.4) is 0 Å². The van der Waals surface area contributed by atoms with Gasteiger partial charge in [0, 0.05) is 18.4 Å². The molecular weight excluding hydrogens is 238 g/mol. The van der Waals surface area contributed by atoms with E-state index in [0.29, 0.717) is 12.8 Å². The van der Waals surface area contributed by atoms with Crippen LogP contribution >= 0.6 is 0 Å². The van der Waals surface area contributed by atoms with E-state index in [2.05, 4.69) is 0 Å². The number of carbonyl (C=O) groups is 3. The SMILES string of the molecule is CCN1C(=O)CC(CC)(CC)C1(C(=O)O)C(=O)O. The lowest BCUT2D eigenvalue weighted by Crippen LogP contribution is -2.65. The van der Waals surface area contributed by atoms with E-state index < -0.39 is 28.8 Å². The molecule has 1 amide bonds. The van der Waals surface area contributed by atoms with Crippen LogP contribution in [0.15, 0.2) is 0 Å². The predicted octanol–water partition coefficient (Wildman–Crippen LogP) is 0.953. The number of carbonyl (C=O) groups excluding carboxylic acids is 1. The quantitative estimate of drug-likeness (QED) is 0.715. The standard InChI is InChI=1S/C12H19NO5/c1-4-11(5-2)7-8(14)13(6-3)12(11,9(15)16)10(17)18/h4-7H2,1-3H3,(H,15,16)(H,17,18). The Hall–Kier alpha value is -1.59. The molecule has 0 aromatic carbocycles. The molecule has 0 saturated carbocycles. The fraction of sp³-hybridized carbons (Fsp3) is 0.750. The zero-order valence-electron chi connectivity index (χ0n) is 10.9. The van der Waals surface area contributed by atoms with E-state index in [4.69, 9.17) is 0 Å². The summed E-state index contributed by atoms with van der Waals surface area (Å²) in [5.41, 5.74) is -3.18. The van der Waals surface area contributed by atoms with E-state index in [0.717, 1.165) is 4.90 Å². The molecule has 102 valence electrons. The predicted molar refractivity (Wildman–Crippen MR) is 63.0 cm³/mol. The minimum atomic E-state index is -2.14. The zero-order chi connectivity index (χ0) is 14.1. The Kier molecular flexibility index (Phi) is 3.69. The maximum atomic E-state index is 12.0. The van der Waals surface area contributed by atoms with Crippen LogP contribution in [0.4, 0.5) is 0 Å². The van der Waals surface area contributed by atoms with Crippen molar-refractivity contribution in [3.05, 3.63) is 0 Å². The highest BCUT2D eigenvalue weighted by molar-refractivity contribution is 6.10. The lowest BCUT2D eigenvalue weighted by molar-refractivity contribution is -0.176. The van der Waals surface area contributed by atoms with Crippen molar-refractivity contribution in [2.24, 2.45) is 5.41 Å². The minimum Gasteiger partial charge on any atom is -0.479 e. The first kappa shape index (κ1) is 14.5. The van der Waals surface area contributed by atoms with Gasteiger partial charge in [-0.1, -0.05) is 13.8 Å². The van der Waals surface area contributed by atoms with Gasteiger partial charge in [0.05, 0.1) is 0 Å². The second-order valence-electron chi connectivity index (χ2n) is 4.62. The second-order valence-corrected chi connectivity index (χ2v) is 4.62. The second kappa shape index (κ2) is 4.59. The average molecular weight is 257 g/mol. The van der Waals surface area contributed by atoms with Gasteiger partial charge in [-0.2, -0.15) is 0 Å². The number of likely N-dealkylation sites (N-methyl/N-ethyl adjacent to an activating group) is 1. The summed E-state index contributed by atoms with van der Waals surface area (Å²) in [5, 5.41) is 19.0. The number of carboxylic acids is 2. The molecule has 0 aliphatic carbocycles. The molecule has 1 heterocycles. The van der Waals surface area contributed by atoms with Crippen LogP contribution in [0, 0.1) is 5.41 Å². The number of nitrogens with zero attached hydrogens (tertiary/aromatic N) is 1. The van der Waals surface area contributed by atoms with Crippen molar-refractivity contribution in [3.8, 4) is 0 Å². The molecule has 1 fully saturated rings. The van der Waals surface area contributed by atoms with Gasteiger partial charge in [-0.05, 0) is 19.8 Å². The highest BCUT2D eigenvalue weighted by Gasteiger charge is 2.70. The Balaban J connectivity index is 3.58. The molecule has 0 aromatic heterocycles. The van der Waals surface area contributed by atoms with E-state index >= 15 is 0 Å². The van der Waals surface area contributed by atoms with Crippen LogP contribution in [-0.4, -0.2) is 45.0 Å². The van der Waals surface area contributed by atoms with Crippen LogP contribution in [0.1, 0.15) is 40.0 Å². The summed E-state index contributed by atoms with van der Waals surface area (Å²) in [5.74, 6) is -3.30. The molecule has 1 saturated heterocycles. The third-order valence-electron chi connectivity index (χ3n) is 4.25. The molecule has 1 aliphatic heterocycles. The minimum absolute atomic E-state index is 0.0214. The molecular formula is C12H19NO5. The van der Waals surface area contributed by atoms with Gasteiger partial charge in [0.1, 0.15) is 0 Å². The smallest absolute Gasteiger partial charge is 0.342 e. The first-order valence-corrected chi connectivity index (χ1v) is 6.11. The van der Waals surface area contributed by atoms with Gasteiger partial charge in [-0.15, -0.1) is 0 Å². The molecule has 0 unspecified atom stereocenters. The van der Waals surface area contributed by atoms with Gasteiger partial charge in [-0.25, -0.2) is 9.59 Å². The third-order valence-corrected chi connectivity index (χ3v) is 4.25. The van der Waals surface area contributed by atoms with Crippen molar-refractivity contribution in [1.82, 2.24) is 4.90 Å². The normalized spacial score (nSPS) is 21.1. The van der Waals surface area contributed by atoms with Crippen LogP contribution in [-0.2, 0) is 14.4 Å². The van der Waals surface area contributed by atoms with Crippen LogP contribution in [0.5, 0.6) is 0 Å². The molecule has 0 spiro atoms. The van der Waals surface area contributed by atoms with Crippen molar-refractivity contribution in [3.63, 3.8) is 0 Å². The maximum Gasteiger partial charge on any atom is 0.342 e. The Labute approximate surface area is 106 Å². The number of carboxylic acid groups (broad SMARTS) is 2. The molecule has 0 radical (unpaired) electrons. The average Bonchev–Trinajstić information content (AvgIpc) is 2.58. The summed E-state index contributed by atoms with van der Waals surface area (Å²) >= 11 is 0. The van der Waals surface area contributed by atoms with Crippen LogP contribution in [0.25, 0.3) is 0 Å². The van der Waals surface area contributed by atoms with E-state index in [-0.39, 0.29) is 13.0 Å². The Bertz CT molecular complexity index is 372. The fourth-order valence-corrected chi connectivity index (χ4v) is 3.19. The lowest BCUT2D eigenvalue weighted by Gasteiger charge is -2.41. The Morgan fingerprint density at radius 1 is 1.17 bits per heavy atom. The van der Waals surface area contributed by atoms with Crippen LogP contribution < -0.4 is 0 Å². The summed E-state index contributed by atoms with van der Waals surface area (Å²) in [7, 11) is 0. The molecule has 0 bridgehead atoms. The van der Waals surface area contributed by atoms with E-state index in [1.54, 1.807) is 20.8 Å². The zero-order valence-corrected chi connectivity index (χ0v) is 10.9. The van der Waals surface area contributed by atoms with Gasteiger partial charge in [0.15, 0.2) is 0 Å². The molecule has 18 heavy (non-hydrogen) atoms. The first-order valence-electron chi connectivity index (χ1n) is 6.11. The van der Waals surface area contributed by atoms with Crippen LogP contribution in [0.2, 0.25) is 0 Å².